The third kappa shape index (κ3) is 1.70. The van der Waals surface area contributed by atoms with Crippen molar-refractivity contribution in [1.29, 1.82) is 0 Å². The number of furan rings is 1. The van der Waals surface area contributed by atoms with Crippen LogP contribution in [-0.2, 0) is 5.60 Å². The Kier molecular flexibility index (Phi) is 2.71. The van der Waals surface area contributed by atoms with Gasteiger partial charge in [-0.2, -0.15) is 0 Å². The van der Waals surface area contributed by atoms with E-state index < -0.39 is 5.60 Å². The normalized spacial score (nSPS) is 14.6. The van der Waals surface area contributed by atoms with Gasteiger partial charge in [0.05, 0.1) is 12.5 Å². The van der Waals surface area contributed by atoms with Gasteiger partial charge in [0.15, 0.2) is 0 Å². The van der Waals surface area contributed by atoms with Crippen LogP contribution in [0.25, 0.3) is 0 Å². The summed E-state index contributed by atoms with van der Waals surface area (Å²) >= 11 is 0. The van der Waals surface area contributed by atoms with Crippen molar-refractivity contribution in [3.05, 3.63) is 54.0 Å². The molecule has 0 aliphatic heterocycles. The SMILES string of the molecule is CCC(O)(c1ccoc1)c1cccc(O)c1. The van der Waals surface area contributed by atoms with Gasteiger partial charge in [0.25, 0.3) is 0 Å². The summed E-state index contributed by atoms with van der Waals surface area (Å²) in [5.41, 5.74) is 0.253. The summed E-state index contributed by atoms with van der Waals surface area (Å²) in [4.78, 5) is 0. The van der Waals surface area contributed by atoms with Gasteiger partial charge in [-0.25, -0.2) is 0 Å². The highest BCUT2D eigenvalue weighted by Crippen LogP contribution is 2.34. The van der Waals surface area contributed by atoms with E-state index in [4.69, 9.17) is 4.42 Å². The first kappa shape index (κ1) is 10.8. The Hall–Kier alpha value is -1.74. The second-order valence-electron chi connectivity index (χ2n) is 3.78. The summed E-state index contributed by atoms with van der Waals surface area (Å²) in [5.74, 6) is 0.146. The lowest BCUT2D eigenvalue weighted by Gasteiger charge is -2.26. The molecule has 84 valence electrons. The molecule has 16 heavy (non-hydrogen) atoms. The molecule has 1 heterocycles. The van der Waals surface area contributed by atoms with Crippen LogP contribution in [0.3, 0.4) is 0 Å². The fourth-order valence-electron chi connectivity index (χ4n) is 1.84. The van der Waals surface area contributed by atoms with Crippen molar-refractivity contribution >= 4 is 0 Å². The molecule has 0 fully saturated rings. The number of hydrogen-bond acceptors (Lipinski definition) is 3. The third-order valence-corrected chi connectivity index (χ3v) is 2.83. The molecule has 1 unspecified atom stereocenters. The molecule has 0 aliphatic carbocycles. The fourth-order valence-corrected chi connectivity index (χ4v) is 1.84. The molecule has 1 aromatic heterocycles. The molecular weight excluding hydrogens is 204 g/mol. The maximum absolute atomic E-state index is 10.6. The maximum Gasteiger partial charge on any atom is 0.118 e. The third-order valence-electron chi connectivity index (χ3n) is 2.83. The highest BCUT2D eigenvalue weighted by molar-refractivity contribution is 5.38. The van der Waals surface area contributed by atoms with E-state index in [1.54, 1.807) is 30.3 Å². The van der Waals surface area contributed by atoms with Gasteiger partial charge in [-0.1, -0.05) is 19.1 Å². The summed E-state index contributed by atoms with van der Waals surface area (Å²) in [6.45, 7) is 1.89. The second kappa shape index (κ2) is 4.02. The summed E-state index contributed by atoms with van der Waals surface area (Å²) in [5, 5.41) is 20.0. The first-order chi connectivity index (χ1) is 7.66. The molecular formula is C13H14O3. The number of rotatable bonds is 3. The van der Waals surface area contributed by atoms with E-state index in [1.807, 2.05) is 6.92 Å². The zero-order chi connectivity index (χ0) is 11.6. The maximum atomic E-state index is 10.6. The van der Waals surface area contributed by atoms with Gasteiger partial charge in [-0.15, -0.1) is 0 Å². The fraction of sp³-hybridized carbons (Fsp3) is 0.231. The van der Waals surface area contributed by atoms with E-state index in [1.165, 1.54) is 12.5 Å². The van der Waals surface area contributed by atoms with Crippen LogP contribution < -0.4 is 0 Å². The van der Waals surface area contributed by atoms with Gasteiger partial charge in [-0.05, 0) is 30.2 Å². The van der Waals surface area contributed by atoms with Gasteiger partial charge in [0.2, 0.25) is 0 Å². The van der Waals surface area contributed by atoms with Crippen LogP contribution in [0.1, 0.15) is 24.5 Å². The molecule has 2 N–H and O–H groups in total. The van der Waals surface area contributed by atoms with E-state index in [0.29, 0.717) is 17.5 Å². The van der Waals surface area contributed by atoms with Gasteiger partial charge in [-0.3, -0.25) is 0 Å². The number of aromatic hydroxyl groups is 1. The van der Waals surface area contributed by atoms with Crippen LogP contribution in [0, 0.1) is 0 Å². The smallest absolute Gasteiger partial charge is 0.118 e. The predicted molar refractivity (Wildman–Crippen MR) is 60.1 cm³/mol. The summed E-state index contributed by atoms with van der Waals surface area (Å²) in [6, 6.07) is 8.38. The number of benzene rings is 1. The van der Waals surface area contributed by atoms with Crippen molar-refractivity contribution in [2.45, 2.75) is 18.9 Å². The Morgan fingerprint density at radius 2 is 2.06 bits per heavy atom. The lowest BCUT2D eigenvalue weighted by molar-refractivity contribution is 0.0756. The molecule has 0 radical (unpaired) electrons. The molecule has 1 aromatic carbocycles. The van der Waals surface area contributed by atoms with E-state index in [9.17, 15) is 10.2 Å². The van der Waals surface area contributed by atoms with E-state index in [0.717, 1.165) is 0 Å². The monoisotopic (exact) mass is 218 g/mol. The molecule has 0 saturated carbocycles. The van der Waals surface area contributed by atoms with Crippen molar-refractivity contribution < 1.29 is 14.6 Å². The summed E-state index contributed by atoms with van der Waals surface area (Å²) in [7, 11) is 0. The predicted octanol–water partition coefficient (Wildman–Crippen LogP) is 2.63. The molecule has 0 bridgehead atoms. The topological polar surface area (TPSA) is 53.6 Å². The molecule has 3 nitrogen and oxygen atoms in total. The average molecular weight is 218 g/mol. The molecule has 0 aliphatic rings. The van der Waals surface area contributed by atoms with Gasteiger partial charge < -0.3 is 14.6 Å². The molecule has 1 atom stereocenters. The van der Waals surface area contributed by atoms with Crippen molar-refractivity contribution in [2.75, 3.05) is 0 Å². The highest BCUT2D eigenvalue weighted by atomic mass is 16.3. The van der Waals surface area contributed by atoms with Crippen molar-refractivity contribution in [3.63, 3.8) is 0 Å². The summed E-state index contributed by atoms with van der Waals surface area (Å²) in [6.07, 6.45) is 3.56. The van der Waals surface area contributed by atoms with Crippen LogP contribution in [0.4, 0.5) is 0 Å². The van der Waals surface area contributed by atoms with Crippen LogP contribution in [0.15, 0.2) is 47.3 Å². The van der Waals surface area contributed by atoms with Gasteiger partial charge >= 0.3 is 0 Å². The van der Waals surface area contributed by atoms with Crippen LogP contribution in [0.2, 0.25) is 0 Å². The Balaban J connectivity index is 2.50. The first-order valence-corrected chi connectivity index (χ1v) is 5.21. The number of phenolic OH excluding ortho intramolecular Hbond substituents is 1. The largest absolute Gasteiger partial charge is 0.508 e. The first-order valence-electron chi connectivity index (χ1n) is 5.21. The zero-order valence-corrected chi connectivity index (χ0v) is 9.05. The van der Waals surface area contributed by atoms with Crippen molar-refractivity contribution in [1.82, 2.24) is 0 Å². The molecule has 0 spiro atoms. The number of phenols is 1. The molecule has 3 heteroatoms. The van der Waals surface area contributed by atoms with Gasteiger partial charge in [0, 0.05) is 5.56 Å². The van der Waals surface area contributed by atoms with Crippen molar-refractivity contribution in [2.24, 2.45) is 0 Å². The Labute approximate surface area is 94.0 Å². The van der Waals surface area contributed by atoms with E-state index >= 15 is 0 Å². The molecule has 2 aromatic rings. The number of hydrogen-bond donors (Lipinski definition) is 2. The minimum Gasteiger partial charge on any atom is -0.508 e. The van der Waals surface area contributed by atoms with Crippen molar-refractivity contribution in [3.8, 4) is 5.75 Å². The van der Waals surface area contributed by atoms with E-state index in [-0.39, 0.29) is 5.75 Å². The Morgan fingerprint density at radius 3 is 2.62 bits per heavy atom. The minimum atomic E-state index is -1.11. The molecule has 2 rings (SSSR count). The zero-order valence-electron chi connectivity index (χ0n) is 9.05. The standard InChI is InChI=1S/C13H14O3/c1-2-13(15,11-6-7-16-9-11)10-4-3-5-12(14)8-10/h3-9,14-15H,2H2,1H3. The Morgan fingerprint density at radius 1 is 1.25 bits per heavy atom. The van der Waals surface area contributed by atoms with Crippen LogP contribution in [-0.4, -0.2) is 10.2 Å². The minimum absolute atomic E-state index is 0.146. The highest BCUT2D eigenvalue weighted by Gasteiger charge is 2.30. The van der Waals surface area contributed by atoms with Crippen LogP contribution >= 0.6 is 0 Å². The molecule has 0 amide bonds. The second-order valence-corrected chi connectivity index (χ2v) is 3.78. The number of aliphatic hydroxyl groups is 1. The lowest BCUT2D eigenvalue weighted by Crippen LogP contribution is -2.25. The Bertz CT molecular complexity index is 462. The van der Waals surface area contributed by atoms with Gasteiger partial charge in [0.1, 0.15) is 11.4 Å². The summed E-state index contributed by atoms with van der Waals surface area (Å²) < 4.78 is 4.99. The average Bonchev–Trinajstić information content (AvgIpc) is 2.82. The van der Waals surface area contributed by atoms with E-state index in [2.05, 4.69) is 0 Å². The quantitative estimate of drug-likeness (QED) is 0.832. The molecule has 0 saturated heterocycles. The van der Waals surface area contributed by atoms with Crippen LogP contribution in [0.5, 0.6) is 5.75 Å². The lowest BCUT2D eigenvalue weighted by atomic mass is 9.86.